The van der Waals surface area contributed by atoms with Crippen molar-refractivity contribution in [3.05, 3.63) is 18.2 Å². The van der Waals surface area contributed by atoms with Crippen LogP contribution in [0.4, 0.5) is 4.79 Å². The second-order valence-electron chi connectivity index (χ2n) is 3.99. The van der Waals surface area contributed by atoms with E-state index in [4.69, 9.17) is 5.73 Å². The van der Waals surface area contributed by atoms with Crippen LogP contribution in [0.25, 0.3) is 0 Å². The van der Waals surface area contributed by atoms with Crippen molar-refractivity contribution in [1.82, 2.24) is 20.2 Å². The zero-order chi connectivity index (χ0) is 11.4. The number of imidazole rings is 1. The lowest BCUT2D eigenvalue weighted by molar-refractivity contribution is 0.249. The topological polar surface area (TPSA) is 85.0 Å². The van der Waals surface area contributed by atoms with E-state index in [9.17, 15) is 4.79 Å². The van der Waals surface area contributed by atoms with E-state index < -0.39 is 6.03 Å². The fourth-order valence-electron chi connectivity index (χ4n) is 1.64. The molecule has 1 saturated carbocycles. The quantitative estimate of drug-likeness (QED) is 0.592. The first-order valence-electron chi connectivity index (χ1n) is 5.52. The van der Waals surface area contributed by atoms with E-state index in [0.717, 1.165) is 6.54 Å². The molecule has 1 heterocycles. The third-order valence-electron chi connectivity index (χ3n) is 2.59. The van der Waals surface area contributed by atoms with E-state index in [-0.39, 0.29) is 0 Å². The van der Waals surface area contributed by atoms with Gasteiger partial charge >= 0.3 is 6.03 Å². The van der Waals surface area contributed by atoms with Crippen molar-refractivity contribution in [3.63, 3.8) is 0 Å². The normalized spacial score (nSPS) is 15.0. The number of primary amides is 1. The minimum absolute atomic E-state index is 0.482. The summed E-state index contributed by atoms with van der Waals surface area (Å²) in [7, 11) is 0. The number of carbonyl (C=O) groups excluding carboxylic acids is 1. The number of carbonyl (C=O) groups is 1. The molecule has 0 spiro atoms. The molecule has 88 valence electrons. The van der Waals surface area contributed by atoms with Gasteiger partial charge in [-0.05, 0) is 12.8 Å². The molecular weight excluding hydrogens is 206 g/mol. The molecule has 0 aromatic carbocycles. The van der Waals surface area contributed by atoms with Gasteiger partial charge in [0.1, 0.15) is 0 Å². The molecule has 0 radical (unpaired) electrons. The molecule has 2 rings (SSSR count). The van der Waals surface area contributed by atoms with Crippen LogP contribution in [0.15, 0.2) is 12.5 Å². The van der Waals surface area contributed by atoms with Gasteiger partial charge in [0.2, 0.25) is 0 Å². The average Bonchev–Trinajstić information content (AvgIpc) is 2.98. The van der Waals surface area contributed by atoms with E-state index in [1.165, 1.54) is 18.5 Å². The Balaban J connectivity index is 1.68. The Morgan fingerprint density at radius 3 is 3.06 bits per heavy atom. The lowest BCUT2D eigenvalue weighted by Gasteiger charge is -2.08. The van der Waals surface area contributed by atoms with E-state index >= 15 is 0 Å². The molecule has 0 atom stereocenters. The van der Waals surface area contributed by atoms with Gasteiger partial charge in [-0.1, -0.05) is 0 Å². The Morgan fingerprint density at radius 1 is 1.56 bits per heavy atom. The SMILES string of the molecule is NC(=O)NCCNCc1cncn1C1CC1. The van der Waals surface area contributed by atoms with Gasteiger partial charge in [0.25, 0.3) is 0 Å². The van der Waals surface area contributed by atoms with Gasteiger partial charge < -0.3 is 20.9 Å². The molecule has 1 aliphatic carbocycles. The minimum atomic E-state index is -0.482. The largest absolute Gasteiger partial charge is 0.352 e. The van der Waals surface area contributed by atoms with Crippen molar-refractivity contribution < 1.29 is 4.79 Å². The summed E-state index contributed by atoms with van der Waals surface area (Å²) in [5, 5.41) is 5.76. The van der Waals surface area contributed by atoms with Crippen LogP contribution >= 0.6 is 0 Å². The van der Waals surface area contributed by atoms with Gasteiger partial charge in [0.15, 0.2) is 0 Å². The first-order chi connectivity index (χ1) is 7.77. The highest BCUT2D eigenvalue weighted by atomic mass is 16.2. The van der Waals surface area contributed by atoms with E-state index in [2.05, 4.69) is 20.2 Å². The Morgan fingerprint density at radius 2 is 2.38 bits per heavy atom. The van der Waals surface area contributed by atoms with Crippen molar-refractivity contribution in [3.8, 4) is 0 Å². The zero-order valence-electron chi connectivity index (χ0n) is 9.15. The summed E-state index contributed by atoms with van der Waals surface area (Å²) < 4.78 is 2.22. The van der Waals surface area contributed by atoms with Crippen molar-refractivity contribution in [1.29, 1.82) is 0 Å². The first-order valence-corrected chi connectivity index (χ1v) is 5.52. The van der Waals surface area contributed by atoms with Crippen LogP contribution in [0.1, 0.15) is 24.6 Å². The molecule has 0 saturated heterocycles. The fourth-order valence-corrected chi connectivity index (χ4v) is 1.64. The number of urea groups is 1. The van der Waals surface area contributed by atoms with Gasteiger partial charge in [-0.25, -0.2) is 9.78 Å². The van der Waals surface area contributed by atoms with Crippen LogP contribution in [0.5, 0.6) is 0 Å². The monoisotopic (exact) mass is 223 g/mol. The molecule has 1 fully saturated rings. The highest BCUT2D eigenvalue weighted by Gasteiger charge is 2.24. The van der Waals surface area contributed by atoms with E-state index in [0.29, 0.717) is 19.1 Å². The summed E-state index contributed by atoms with van der Waals surface area (Å²) in [6, 6.07) is 0.174. The highest BCUT2D eigenvalue weighted by molar-refractivity contribution is 5.71. The second-order valence-corrected chi connectivity index (χ2v) is 3.99. The molecule has 1 aromatic rings. The smallest absolute Gasteiger partial charge is 0.312 e. The minimum Gasteiger partial charge on any atom is -0.352 e. The Kier molecular flexibility index (Phi) is 3.40. The number of rotatable bonds is 6. The Hall–Kier alpha value is -1.56. The van der Waals surface area contributed by atoms with Crippen LogP contribution < -0.4 is 16.4 Å². The molecule has 6 heteroatoms. The second kappa shape index (κ2) is 4.98. The lowest BCUT2D eigenvalue weighted by Crippen LogP contribution is -2.35. The van der Waals surface area contributed by atoms with Gasteiger partial charge in [-0.15, -0.1) is 0 Å². The predicted molar refractivity (Wildman–Crippen MR) is 59.8 cm³/mol. The van der Waals surface area contributed by atoms with Gasteiger partial charge in [-0.2, -0.15) is 0 Å². The highest BCUT2D eigenvalue weighted by Crippen LogP contribution is 2.35. The van der Waals surface area contributed by atoms with Crippen molar-refractivity contribution in [2.75, 3.05) is 13.1 Å². The van der Waals surface area contributed by atoms with E-state index in [1.54, 1.807) is 0 Å². The molecule has 0 unspecified atom stereocenters. The average molecular weight is 223 g/mol. The molecular formula is C10H17N5O. The molecule has 6 nitrogen and oxygen atoms in total. The predicted octanol–water partition coefficient (Wildman–Crippen LogP) is -0.0241. The molecule has 16 heavy (non-hydrogen) atoms. The number of nitrogens with one attached hydrogen (secondary N) is 2. The van der Waals surface area contributed by atoms with Crippen LogP contribution in [0, 0.1) is 0 Å². The summed E-state index contributed by atoms with van der Waals surface area (Å²) in [5.74, 6) is 0. The maximum absolute atomic E-state index is 10.4. The molecule has 1 aliphatic rings. The zero-order valence-corrected chi connectivity index (χ0v) is 9.15. The summed E-state index contributed by atoms with van der Waals surface area (Å²) >= 11 is 0. The molecule has 4 N–H and O–H groups in total. The lowest BCUT2D eigenvalue weighted by atomic mass is 10.4. The van der Waals surface area contributed by atoms with Gasteiger partial charge in [-0.3, -0.25) is 0 Å². The first kappa shape index (κ1) is 10.9. The summed E-state index contributed by atoms with van der Waals surface area (Å²) in [6.45, 7) is 2.03. The number of hydrogen-bond acceptors (Lipinski definition) is 3. The van der Waals surface area contributed by atoms with Gasteiger partial charge in [0, 0.05) is 31.9 Å². The number of nitrogens with two attached hydrogens (primary N) is 1. The third-order valence-corrected chi connectivity index (χ3v) is 2.59. The maximum Gasteiger partial charge on any atom is 0.312 e. The number of aromatic nitrogens is 2. The van der Waals surface area contributed by atoms with Crippen molar-refractivity contribution in [2.24, 2.45) is 5.73 Å². The molecule has 0 bridgehead atoms. The standard InChI is InChI=1S/C10H17N5O/c11-10(16)14-4-3-12-5-9-6-13-7-15(9)8-1-2-8/h6-8,12H,1-5H2,(H3,11,14,16). The number of amides is 2. The van der Waals surface area contributed by atoms with Crippen molar-refractivity contribution >= 4 is 6.03 Å². The van der Waals surface area contributed by atoms with Crippen LogP contribution in [0.2, 0.25) is 0 Å². The molecule has 1 aromatic heterocycles. The Bertz CT molecular complexity index is 358. The summed E-state index contributed by atoms with van der Waals surface area (Å²) in [5.41, 5.74) is 6.15. The summed E-state index contributed by atoms with van der Waals surface area (Å²) in [6.07, 6.45) is 6.28. The van der Waals surface area contributed by atoms with Gasteiger partial charge in [0.05, 0.1) is 12.0 Å². The van der Waals surface area contributed by atoms with Crippen LogP contribution in [0.3, 0.4) is 0 Å². The van der Waals surface area contributed by atoms with E-state index in [1.807, 2.05) is 12.5 Å². The fraction of sp³-hybridized carbons (Fsp3) is 0.600. The third kappa shape index (κ3) is 2.96. The van der Waals surface area contributed by atoms with Crippen molar-refractivity contribution in [2.45, 2.75) is 25.4 Å². The maximum atomic E-state index is 10.4. The summed E-state index contributed by atoms with van der Waals surface area (Å²) in [4.78, 5) is 14.6. The Labute approximate surface area is 94.2 Å². The van der Waals surface area contributed by atoms with Crippen LogP contribution in [-0.2, 0) is 6.54 Å². The van der Waals surface area contributed by atoms with Crippen LogP contribution in [-0.4, -0.2) is 28.7 Å². The number of nitrogens with zero attached hydrogens (tertiary/aromatic N) is 2. The number of hydrogen-bond donors (Lipinski definition) is 3. The molecule has 0 aliphatic heterocycles. The molecule has 2 amide bonds.